The number of benzene rings is 1. The molecule has 98 valence electrons. The SMILES string of the molecule is CCCC(CC)n1c(=S)[nH]c2cc(F)c(Br)cc21. The summed E-state index contributed by atoms with van der Waals surface area (Å²) < 4.78 is 16.8. The Morgan fingerprint density at radius 3 is 2.78 bits per heavy atom. The van der Waals surface area contributed by atoms with Crippen LogP contribution >= 0.6 is 28.1 Å². The van der Waals surface area contributed by atoms with Gasteiger partial charge in [-0.2, -0.15) is 0 Å². The van der Waals surface area contributed by atoms with Crippen molar-refractivity contribution in [3.05, 3.63) is 27.2 Å². The van der Waals surface area contributed by atoms with Gasteiger partial charge in [0.2, 0.25) is 0 Å². The zero-order chi connectivity index (χ0) is 13.3. The molecule has 2 nitrogen and oxygen atoms in total. The number of nitrogens with zero attached hydrogens (tertiary/aromatic N) is 1. The minimum atomic E-state index is -0.269. The lowest BCUT2D eigenvalue weighted by molar-refractivity contribution is 0.453. The number of halogens is 2. The summed E-state index contributed by atoms with van der Waals surface area (Å²) in [6.45, 7) is 4.32. The molecule has 0 fully saturated rings. The van der Waals surface area contributed by atoms with Crippen LogP contribution in [0.3, 0.4) is 0 Å². The molecule has 0 aliphatic carbocycles. The van der Waals surface area contributed by atoms with Crippen LogP contribution in [0.15, 0.2) is 16.6 Å². The molecule has 0 bridgehead atoms. The van der Waals surface area contributed by atoms with E-state index in [1.165, 1.54) is 6.07 Å². The Hall–Kier alpha value is -0.680. The Bertz CT molecular complexity index is 617. The predicted octanol–water partition coefficient (Wildman–Crippen LogP) is 5.35. The molecule has 1 atom stereocenters. The van der Waals surface area contributed by atoms with Crippen LogP contribution in [0, 0.1) is 10.6 Å². The third-order valence-electron chi connectivity index (χ3n) is 3.22. The highest BCUT2D eigenvalue weighted by Gasteiger charge is 2.14. The normalized spacial score (nSPS) is 13.1. The van der Waals surface area contributed by atoms with E-state index in [9.17, 15) is 4.39 Å². The molecular weight excluding hydrogens is 315 g/mol. The molecule has 0 saturated carbocycles. The lowest BCUT2D eigenvalue weighted by Crippen LogP contribution is -2.07. The molecule has 1 aromatic carbocycles. The molecule has 2 aromatic rings. The average molecular weight is 331 g/mol. The van der Waals surface area contributed by atoms with Crippen molar-refractivity contribution < 1.29 is 4.39 Å². The molecule has 0 spiro atoms. The standard InChI is InChI=1S/C13H16BrFN2S/c1-3-5-8(4-2)17-12-6-9(14)10(15)7-11(12)16-13(17)18/h6-8H,3-5H2,1-2H3,(H,16,18). The van der Waals surface area contributed by atoms with E-state index in [0.29, 0.717) is 15.3 Å². The van der Waals surface area contributed by atoms with Crippen LogP contribution < -0.4 is 0 Å². The van der Waals surface area contributed by atoms with Gasteiger partial charge in [-0.05, 0) is 47.1 Å². The van der Waals surface area contributed by atoms with Crippen molar-refractivity contribution in [1.82, 2.24) is 9.55 Å². The number of hydrogen-bond donors (Lipinski definition) is 1. The van der Waals surface area contributed by atoms with Crippen LogP contribution in [-0.4, -0.2) is 9.55 Å². The molecule has 1 heterocycles. The van der Waals surface area contributed by atoms with Crippen molar-refractivity contribution in [2.45, 2.75) is 39.2 Å². The third kappa shape index (κ3) is 2.38. The van der Waals surface area contributed by atoms with E-state index in [2.05, 4.69) is 39.3 Å². The van der Waals surface area contributed by atoms with Gasteiger partial charge in [0, 0.05) is 12.1 Å². The molecule has 0 saturated heterocycles. The summed E-state index contributed by atoms with van der Waals surface area (Å²) in [6.07, 6.45) is 3.20. The maximum Gasteiger partial charge on any atom is 0.178 e. The number of imidazole rings is 1. The fraction of sp³-hybridized carbons (Fsp3) is 0.462. The molecule has 5 heteroatoms. The van der Waals surface area contributed by atoms with Gasteiger partial charge in [0.1, 0.15) is 5.82 Å². The highest BCUT2D eigenvalue weighted by atomic mass is 79.9. The second kappa shape index (κ2) is 5.53. The Morgan fingerprint density at radius 1 is 1.44 bits per heavy atom. The second-order valence-electron chi connectivity index (χ2n) is 4.43. The molecule has 18 heavy (non-hydrogen) atoms. The Labute approximate surface area is 119 Å². The van der Waals surface area contributed by atoms with Gasteiger partial charge in [-0.1, -0.05) is 20.3 Å². The molecule has 2 rings (SSSR count). The molecule has 0 aliphatic rings. The van der Waals surface area contributed by atoms with Gasteiger partial charge in [-0.3, -0.25) is 0 Å². The summed E-state index contributed by atoms with van der Waals surface area (Å²) in [5.74, 6) is -0.269. The van der Waals surface area contributed by atoms with Crippen molar-refractivity contribution in [2.24, 2.45) is 0 Å². The molecule has 0 radical (unpaired) electrons. The van der Waals surface area contributed by atoms with Crippen molar-refractivity contribution in [1.29, 1.82) is 0 Å². The van der Waals surface area contributed by atoms with Crippen molar-refractivity contribution >= 4 is 39.2 Å². The molecule has 0 amide bonds. The maximum atomic E-state index is 13.5. The molecule has 0 aliphatic heterocycles. The maximum absolute atomic E-state index is 13.5. The smallest absolute Gasteiger partial charge is 0.178 e. The fourth-order valence-corrected chi connectivity index (χ4v) is 3.02. The van der Waals surface area contributed by atoms with Gasteiger partial charge in [0.15, 0.2) is 4.77 Å². The van der Waals surface area contributed by atoms with Crippen molar-refractivity contribution in [2.75, 3.05) is 0 Å². The summed E-state index contributed by atoms with van der Waals surface area (Å²) in [4.78, 5) is 3.09. The van der Waals surface area contributed by atoms with Crippen LogP contribution in [0.1, 0.15) is 39.2 Å². The highest BCUT2D eigenvalue weighted by Crippen LogP contribution is 2.28. The van der Waals surface area contributed by atoms with Crippen LogP contribution in [0.2, 0.25) is 0 Å². The first-order chi connectivity index (χ1) is 8.58. The number of aromatic nitrogens is 2. The topological polar surface area (TPSA) is 20.7 Å². The van der Waals surface area contributed by atoms with Crippen LogP contribution in [0.25, 0.3) is 11.0 Å². The average Bonchev–Trinajstić information content (AvgIpc) is 2.63. The number of H-pyrrole nitrogens is 1. The van der Waals surface area contributed by atoms with Crippen LogP contribution in [-0.2, 0) is 0 Å². The van der Waals surface area contributed by atoms with E-state index in [4.69, 9.17) is 12.2 Å². The zero-order valence-corrected chi connectivity index (χ0v) is 12.9. The quantitative estimate of drug-likeness (QED) is 0.749. The van der Waals surface area contributed by atoms with Gasteiger partial charge >= 0.3 is 0 Å². The number of rotatable bonds is 4. The minimum Gasteiger partial charge on any atom is -0.330 e. The van der Waals surface area contributed by atoms with E-state index >= 15 is 0 Å². The first kappa shape index (κ1) is 13.7. The lowest BCUT2D eigenvalue weighted by Gasteiger charge is -2.17. The van der Waals surface area contributed by atoms with Gasteiger partial charge in [0.05, 0.1) is 15.5 Å². The summed E-state index contributed by atoms with van der Waals surface area (Å²) in [6, 6.07) is 3.66. The first-order valence-corrected chi connectivity index (χ1v) is 7.37. The number of aromatic amines is 1. The summed E-state index contributed by atoms with van der Waals surface area (Å²) >= 11 is 8.60. The predicted molar refractivity (Wildman–Crippen MR) is 79.0 cm³/mol. The van der Waals surface area contributed by atoms with Gasteiger partial charge in [-0.25, -0.2) is 4.39 Å². The van der Waals surface area contributed by atoms with E-state index in [0.717, 1.165) is 30.3 Å². The van der Waals surface area contributed by atoms with E-state index < -0.39 is 0 Å². The van der Waals surface area contributed by atoms with E-state index in [-0.39, 0.29) is 5.82 Å². The van der Waals surface area contributed by atoms with Gasteiger partial charge in [-0.15, -0.1) is 0 Å². The summed E-state index contributed by atoms with van der Waals surface area (Å²) in [7, 11) is 0. The van der Waals surface area contributed by atoms with Crippen molar-refractivity contribution in [3.63, 3.8) is 0 Å². The first-order valence-electron chi connectivity index (χ1n) is 6.17. The zero-order valence-electron chi connectivity index (χ0n) is 10.5. The highest BCUT2D eigenvalue weighted by molar-refractivity contribution is 9.10. The lowest BCUT2D eigenvalue weighted by atomic mass is 10.1. The van der Waals surface area contributed by atoms with Gasteiger partial charge in [0.25, 0.3) is 0 Å². The summed E-state index contributed by atoms with van der Waals surface area (Å²) in [5.41, 5.74) is 1.73. The third-order valence-corrected chi connectivity index (χ3v) is 4.12. The van der Waals surface area contributed by atoms with E-state index in [1.807, 2.05) is 0 Å². The van der Waals surface area contributed by atoms with Crippen molar-refractivity contribution in [3.8, 4) is 0 Å². The Morgan fingerprint density at radius 2 is 2.17 bits per heavy atom. The van der Waals surface area contributed by atoms with Crippen LogP contribution in [0.5, 0.6) is 0 Å². The molecular formula is C13H16BrFN2S. The summed E-state index contributed by atoms with van der Waals surface area (Å²) in [5, 5.41) is 0. The number of hydrogen-bond acceptors (Lipinski definition) is 1. The minimum absolute atomic E-state index is 0.269. The number of fused-ring (bicyclic) bond motifs is 1. The molecule has 1 N–H and O–H groups in total. The Balaban J connectivity index is 2.66. The van der Waals surface area contributed by atoms with E-state index in [1.54, 1.807) is 6.07 Å². The molecule has 1 aromatic heterocycles. The monoisotopic (exact) mass is 330 g/mol. The largest absolute Gasteiger partial charge is 0.330 e. The van der Waals surface area contributed by atoms with Gasteiger partial charge < -0.3 is 9.55 Å². The Kier molecular flexibility index (Phi) is 4.22. The molecule has 1 unspecified atom stereocenters. The second-order valence-corrected chi connectivity index (χ2v) is 5.68. The number of nitrogens with one attached hydrogen (secondary N) is 1. The van der Waals surface area contributed by atoms with Crippen LogP contribution in [0.4, 0.5) is 4.39 Å². The fourth-order valence-electron chi connectivity index (χ4n) is 2.33.